The molecule has 0 radical (unpaired) electrons. The monoisotopic (exact) mass is 553 g/mol. The molecule has 0 bridgehead atoms. The quantitative estimate of drug-likeness (QED) is 0.366. The number of para-hydroxylation sites is 2. The summed E-state index contributed by atoms with van der Waals surface area (Å²) in [4.78, 5) is 27.9. The molecule has 208 valence electrons. The molecule has 9 nitrogen and oxygen atoms in total. The number of likely N-dealkylation sites (N-methyl/N-ethyl adjacent to an activating group) is 1. The van der Waals surface area contributed by atoms with Gasteiger partial charge < -0.3 is 19.7 Å². The zero-order valence-electron chi connectivity index (χ0n) is 22.9. The molecule has 10 heteroatoms. The van der Waals surface area contributed by atoms with Crippen LogP contribution in [-0.4, -0.2) is 58.5 Å². The third-order valence-corrected chi connectivity index (χ3v) is 8.00. The largest absolute Gasteiger partial charge is 0.497 e. The minimum absolute atomic E-state index is 0.0332. The van der Waals surface area contributed by atoms with Crippen molar-refractivity contribution in [3.05, 3.63) is 83.9 Å². The zero-order valence-corrected chi connectivity index (χ0v) is 23.7. The van der Waals surface area contributed by atoms with E-state index in [0.717, 1.165) is 15.4 Å². The van der Waals surface area contributed by atoms with Gasteiger partial charge in [-0.2, -0.15) is 0 Å². The molecule has 3 aromatic carbocycles. The lowest BCUT2D eigenvalue weighted by Gasteiger charge is -2.32. The standard InChI is InChI=1S/C29H35N3O6S/c1-6-38-27-13-8-7-12-26(27)32(39(35,36)25-16-14-21(2)15-17-25)20-28(33)31(22(3)29(34)30-4)19-23-10-9-11-24(18-23)37-5/h7-18,22H,6,19-20H2,1-5H3,(H,30,34)/t22-/m1/s1. The highest BCUT2D eigenvalue weighted by atomic mass is 32.2. The van der Waals surface area contributed by atoms with Gasteiger partial charge in [0.1, 0.15) is 24.1 Å². The summed E-state index contributed by atoms with van der Waals surface area (Å²) in [5, 5.41) is 2.57. The zero-order chi connectivity index (χ0) is 28.6. The third-order valence-electron chi connectivity index (χ3n) is 6.22. The minimum Gasteiger partial charge on any atom is -0.497 e. The summed E-state index contributed by atoms with van der Waals surface area (Å²) in [6.07, 6.45) is 0. The molecule has 0 unspecified atom stereocenters. The molecule has 0 aliphatic carbocycles. The molecule has 3 rings (SSSR count). The lowest BCUT2D eigenvalue weighted by Crippen LogP contribution is -2.50. The molecular formula is C29H35N3O6S. The third kappa shape index (κ3) is 7.08. The van der Waals surface area contributed by atoms with Crippen LogP contribution in [0.3, 0.4) is 0 Å². The summed E-state index contributed by atoms with van der Waals surface area (Å²) >= 11 is 0. The van der Waals surface area contributed by atoms with Crippen LogP contribution in [0.2, 0.25) is 0 Å². The number of benzene rings is 3. The molecule has 0 aliphatic rings. The Balaban J connectivity index is 2.08. The van der Waals surface area contributed by atoms with Crippen molar-refractivity contribution >= 4 is 27.5 Å². The number of nitrogens with one attached hydrogen (secondary N) is 1. The number of ether oxygens (including phenoxy) is 2. The summed E-state index contributed by atoms with van der Waals surface area (Å²) in [5.74, 6) is -0.0197. The molecule has 1 atom stereocenters. The van der Waals surface area contributed by atoms with Gasteiger partial charge in [-0.25, -0.2) is 8.42 Å². The van der Waals surface area contributed by atoms with Crippen LogP contribution in [0.15, 0.2) is 77.7 Å². The molecule has 0 saturated heterocycles. The lowest BCUT2D eigenvalue weighted by atomic mass is 10.1. The van der Waals surface area contributed by atoms with Crippen LogP contribution in [0.4, 0.5) is 5.69 Å². The summed E-state index contributed by atoms with van der Waals surface area (Å²) in [6.45, 7) is 5.07. The highest BCUT2D eigenvalue weighted by Crippen LogP contribution is 2.33. The van der Waals surface area contributed by atoms with Crippen LogP contribution in [0, 0.1) is 6.92 Å². The van der Waals surface area contributed by atoms with Crippen molar-refractivity contribution < 1.29 is 27.5 Å². The van der Waals surface area contributed by atoms with Crippen molar-refractivity contribution in [1.29, 1.82) is 0 Å². The number of hydrogen-bond acceptors (Lipinski definition) is 6. The second kappa shape index (κ2) is 13.1. The number of anilines is 1. The van der Waals surface area contributed by atoms with Gasteiger partial charge in [0.15, 0.2) is 0 Å². The van der Waals surface area contributed by atoms with Crippen molar-refractivity contribution in [3.63, 3.8) is 0 Å². The normalized spacial score (nSPS) is 11.8. The molecule has 2 amide bonds. The second-order valence-corrected chi connectivity index (χ2v) is 10.8. The lowest BCUT2D eigenvalue weighted by molar-refractivity contribution is -0.139. The number of carbonyl (C=O) groups is 2. The highest BCUT2D eigenvalue weighted by Gasteiger charge is 2.33. The fourth-order valence-electron chi connectivity index (χ4n) is 4.05. The van der Waals surface area contributed by atoms with Crippen LogP contribution in [0.1, 0.15) is 25.0 Å². The van der Waals surface area contributed by atoms with Crippen molar-refractivity contribution in [2.75, 3.05) is 31.6 Å². The molecule has 39 heavy (non-hydrogen) atoms. The van der Waals surface area contributed by atoms with Crippen LogP contribution < -0.4 is 19.1 Å². The first-order valence-corrected chi connectivity index (χ1v) is 14.0. The molecule has 0 spiro atoms. The Labute approximate surface area is 230 Å². The minimum atomic E-state index is -4.19. The molecule has 0 aliphatic heterocycles. The summed E-state index contributed by atoms with van der Waals surface area (Å²) < 4.78 is 40.0. The van der Waals surface area contributed by atoms with Crippen LogP contribution in [0.5, 0.6) is 11.5 Å². The average molecular weight is 554 g/mol. The first-order valence-electron chi connectivity index (χ1n) is 12.6. The van der Waals surface area contributed by atoms with Gasteiger partial charge >= 0.3 is 0 Å². The maximum absolute atomic E-state index is 14.0. The number of aryl methyl sites for hydroxylation is 1. The fraction of sp³-hybridized carbons (Fsp3) is 0.310. The number of rotatable bonds is 12. The summed E-state index contributed by atoms with van der Waals surface area (Å²) in [5.41, 5.74) is 1.85. The van der Waals surface area contributed by atoms with Gasteiger partial charge in [-0.3, -0.25) is 13.9 Å². The van der Waals surface area contributed by atoms with Gasteiger partial charge in [-0.15, -0.1) is 0 Å². The van der Waals surface area contributed by atoms with E-state index < -0.39 is 28.5 Å². The first kappa shape index (κ1) is 29.5. The molecule has 0 fully saturated rings. The number of sulfonamides is 1. The van der Waals surface area contributed by atoms with Gasteiger partial charge in [0.05, 0.1) is 24.3 Å². The second-order valence-electron chi connectivity index (χ2n) is 8.89. The van der Waals surface area contributed by atoms with Gasteiger partial charge in [-0.05, 0) is 62.7 Å². The summed E-state index contributed by atoms with van der Waals surface area (Å²) in [7, 11) is -1.16. The Morgan fingerprint density at radius 2 is 1.69 bits per heavy atom. The SMILES string of the molecule is CCOc1ccccc1N(CC(=O)N(Cc1cccc(OC)c1)[C@H](C)C(=O)NC)S(=O)(=O)c1ccc(C)cc1. The molecular weight excluding hydrogens is 518 g/mol. The molecule has 3 aromatic rings. The van der Waals surface area contributed by atoms with E-state index in [0.29, 0.717) is 18.1 Å². The Bertz CT molecular complexity index is 1390. The van der Waals surface area contributed by atoms with E-state index in [1.807, 2.05) is 13.0 Å². The summed E-state index contributed by atoms with van der Waals surface area (Å²) in [6, 6.07) is 19.3. The van der Waals surface area contributed by atoms with E-state index in [2.05, 4.69) is 5.32 Å². The number of hydrogen-bond donors (Lipinski definition) is 1. The van der Waals surface area contributed by atoms with E-state index in [4.69, 9.17) is 9.47 Å². The van der Waals surface area contributed by atoms with E-state index in [-0.39, 0.29) is 23.0 Å². The smallest absolute Gasteiger partial charge is 0.264 e. The molecule has 0 heterocycles. The van der Waals surface area contributed by atoms with Crippen molar-refractivity contribution in [2.45, 2.75) is 38.3 Å². The van der Waals surface area contributed by atoms with Crippen molar-refractivity contribution in [1.82, 2.24) is 10.2 Å². The molecule has 0 aromatic heterocycles. The predicted octanol–water partition coefficient (Wildman–Crippen LogP) is 3.76. The number of carbonyl (C=O) groups excluding carboxylic acids is 2. The maximum Gasteiger partial charge on any atom is 0.264 e. The maximum atomic E-state index is 14.0. The Kier molecular flexibility index (Phi) is 9.95. The topological polar surface area (TPSA) is 105 Å². The van der Waals surface area contributed by atoms with Gasteiger partial charge in [0.25, 0.3) is 10.0 Å². The van der Waals surface area contributed by atoms with E-state index >= 15 is 0 Å². The van der Waals surface area contributed by atoms with Gasteiger partial charge in [0.2, 0.25) is 11.8 Å². The molecule has 0 saturated carbocycles. The Morgan fingerprint density at radius 1 is 1.00 bits per heavy atom. The predicted molar refractivity (Wildman–Crippen MR) is 150 cm³/mol. The Hall–Kier alpha value is -4.05. The van der Waals surface area contributed by atoms with Gasteiger partial charge in [-0.1, -0.05) is 42.0 Å². The number of nitrogens with zero attached hydrogens (tertiary/aromatic N) is 2. The van der Waals surface area contributed by atoms with Gasteiger partial charge in [0, 0.05) is 13.6 Å². The number of methoxy groups -OCH3 is 1. The van der Waals surface area contributed by atoms with Crippen LogP contribution in [-0.2, 0) is 26.2 Å². The fourth-order valence-corrected chi connectivity index (χ4v) is 5.48. The van der Waals surface area contributed by atoms with Crippen LogP contribution in [0.25, 0.3) is 0 Å². The first-order chi connectivity index (χ1) is 18.6. The number of amides is 2. The van der Waals surface area contributed by atoms with E-state index in [1.165, 1.54) is 24.1 Å². The van der Waals surface area contributed by atoms with Crippen LogP contribution >= 0.6 is 0 Å². The van der Waals surface area contributed by atoms with Crippen molar-refractivity contribution in [3.8, 4) is 11.5 Å². The van der Waals surface area contributed by atoms with E-state index in [1.54, 1.807) is 75.6 Å². The molecule has 1 N–H and O–H groups in total. The average Bonchev–Trinajstić information content (AvgIpc) is 2.94. The van der Waals surface area contributed by atoms with Crippen molar-refractivity contribution in [2.24, 2.45) is 0 Å². The highest BCUT2D eigenvalue weighted by molar-refractivity contribution is 7.92. The Morgan fingerprint density at radius 3 is 2.33 bits per heavy atom. The van der Waals surface area contributed by atoms with E-state index in [9.17, 15) is 18.0 Å².